The van der Waals surface area contributed by atoms with Crippen molar-refractivity contribution in [1.29, 1.82) is 0 Å². The fraction of sp³-hybridized carbons (Fsp3) is 0.188. The SMILES string of the molecule is COc1ccc(OC)c(NC(N)=NCc2cccc([N+](=O)[O-])c2)c1. The molecule has 0 aliphatic carbocycles. The number of rotatable bonds is 6. The molecule has 0 aromatic heterocycles. The summed E-state index contributed by atoms with van der Waals surface area (Å²) in [5.41, 5.74) is 7.19. The molecule has 0 bridgehead atoms. The molecule has 126 valence electrons. The molecule has 2 rings (SSSR count). The average Bonchev–Trinajstić information content (AvgIpc) is 2.60. The first-order valence-electron chi connectivity index (χ1n) is 7.05. The predicted octanol–water partition coefficient (Wildman–Crippen LogP) is 2.54. The van der Waals surface area contributed by atoms with Crippen LogP contribution in [0.1, 0.15) is 5.56 Å². The zero-order valence-corrected chi connectivity index (χ0v) is 13.4. The van der Waals surface area contributed by atoms with E-state index in [1.165, 1.54) is 12.1 Å². The Kier molecular flexibility index (Phi) is 5.56. The van der Waals surface area contributed by atoms with E-state index in [1.807, 2.05) is 0 Å². The first kappa shape index (κ1) is 17.1. The van der Waals surface area contributed by atoms with Crippen LogP contribution in [0.4, 0.5) is 11.4 Å². The van der Waals surface area contributed by atoms with Crippen molar-refractivity contribution in [2.75, 3.05) is 19.5 Å². The van der Waals surface area contributed by atoms with Gasteiger partial charge in [0.05, 0.1) is 31.4 Å². The van der Waals surface area contributed by atoms with Gasteiger partial charge in [-0.25, -0.2) is 4.99 Å². The lowest BCUT2D eigenvalue weighted by molar-refractivity contribution is -0.384. The second-order valence-corrected chi connectivity index (χ2v) is 4.82. The van der Waals surface area contributed by atoms with Crippen LogP contribution >= 0.6 is 0 Å². The van der Waals surface area contributed by atoms with Gasteiger partial charge < -0.3 is 20.5 Å². The van der Waals surface area contributed by atoms with Crippen molar-refractivity contribution in [2.45, 2.75) is 6.54 Å². The molecule has 2 aromatic rings. The number of anilines is 1. The Morgan fingerprint density at radius 2 is 2.04 bits per heavy atom. The molecule has 24 heavy (non-hydrogen) atoms. The molecular weight excluding hydrogens is 312 g/mol. The summed E-state index contributed by atoms with van der Waals surface area (Å²) in [6, 6.07) is 11.5. The minimum absolute atomic E-state index is 0.0173. The van der Waals surface area contributed by atoms with Crippen molar-refractivity contribution in [3.05, 3.63) is 58.1 Å². The number of aliphatic imine (C=N–C) groups is 1. The van der Waals surface area contributed by atoms with Gasteiger partial charge in [-0.15, -0.1) is 0 Å². The zero-order chi connectivity index (χ0) is 17.5. The number of hydrogen-bond donors (Lipinski definition) is 2. The maximum Gasteiger partial charge on any atom is 0.269 e. The number of guanidine groups is 1. The van der Waals surface area contributed by atoms with Crippen LogP contribution in [-0.2, 0) is 6.54 Å². The van der Waals surface area contributed by atoms with E-state index in [0.717, 1.165) is 0 Å². The molecule has 2 aromatic carbocycles. The maximum atomic E-state index is 10.8. The van der Waals surface area contributed by atoms with Crippen LogP contribution in [0.5, 0.6) is 11.5 Å². The van der Waals surface area contributed by atoms with Gasteiger partial charge >= 0.3 is 0 Å². The largest absolute Gasteiger partial charge is 0.497 e. The first-order valence-corrected chi connectivity index (χ1v) is 7.05. The van der Waals surface area contributed by atoms with Crippen LogP contribution < -0.4 is 20.5 Å². The fourth-order valence-electron chi connectivity index (χ4n) is 2.03. The van der Waals surface area contributed by atoms with Crippen LogP contribution in [0, 0.1) is 10.1 Å². The second kappa shape index (κ2) is 7.82. The molecule has 0 unspecified atom stereocenters. The van der Waals surface area contributed by atoms with Crippen LogP contribution in [-0.4, -0.2) is 25.1 Å². The Hall–Kier alpha value is -3.29. The molecule has 3 N–H and O–H groups in total. The van der Waals surface area contributed by atoms with Gasteiger partial charge in [0.15, 0.2) is 5.96 Å². The molecule has 0 amide bonds. The Balaban J connectivity index is 2.12. The summed E-state index contributed by atoms with van der Waals surface area (Å²) in [6.07, 6.45) is 0. The highest BCUT2D eigenvalue weighted by atomic mass is 16.6. The molecule has 0 spiro atoms. The van der Waals surface area contributed by atoms with Crippen molar-refractivity contribution in [2.24, 2.45) is 10.7 Å². The molecule has 0 aliphatic heterocycles. The van der Waals surface area contributed by atoms with Crippen LogP contribution in [0.25, 0.3) is 0 Å². The summed E-state index contributed by atoms with van der Waals surface area (Å²) in [4.78, 5) is 14.5. The summed E-state index contributed by atoms with van der Waals surface area (Å²) in [6.45, 7) is 0.215. The first-order chi connectivity index (χ1) is 11.5. The van der Waals surface area contributed by atoms with Gasteiger partial charge in [-0.05, 0) is 17.7 Å². The standard InChI is InChI=1S/C16H18N4O4/c1-23-13-6-7-15(24-2)14(9-13)19-16(17)18-10-11-4-3-5-12(8-11)20(21)22/h3-9H,10H2,1-2H3,(H3,17,18,19). The number of non-ortho nitro benzene ring substituents is 1. The Morgan fingerprint density at radius 3 is 2.71 bits per heavy atom. The highest BCUT2D eigenvalue weighted by Crippen LogP contribution is 2.28. The maximum absolute atomic E-state index is 10.8. The minimum Gasteiger partial charge on any atom is -0.497 e. The van der Waals surface area contributed by atoms with E-state index in [4.69, 9.17) is 15.2 Å². The van der Waals surface area contributed by atoms with Crippen LogP contribution in [0.2, 0.25) is 0 Å². The third-order valence-electron chi connectivity index (χ3n) is 3.22. The van der Waals surface area contributed by atoms with Gasteiger partial charge in [-0.1, -0.05) is 12.1 Å². The van der Waals surface area contributed by atoms with Gasteiger partial charge in [0, 0.05) is 18.2 Å². The number of methoxy groups -OCH3 is 2. The van der Waals surface area contributed by atoms with Crippen molar-refractivity contribution in [1.82, 2.24) is 0 Å². The van der Waals surface area contributed by atoms with Gasteiger partial charge in [-0.3, -0.25) is 10.1 Å². The molecule has 0 heterocycles. The van der Waals surface area contributed by atoms with E-state index in [0.29, 0.717) is 22.7 Å². The van der Waals surface area contributed by atoms with Gasteiger partial charge in [-0.2, -0.15) is 0 Å². The number of benzene rings is 2. The number of nitrogens with zero attached hydrogens (tertiary/aromatic N) is 2. The normalized spacial score (nSPS) is 11.0. The third kappa shape index (κ3) is 4.35. The number of ether oxygens (including phenoxy) is 2. The highest BCUT2D eigenvalue weighted by Gasteiger charge is 2.07. The van der Waals surface area contributed by atoms with Crippen molar-refractivity contribution in [3.63, 3.8) is 0 Å². The van der Waals surface area contributed by atoms with E-state index in [1.54, 1.807) is 44.6 Å². The second-order valence-electron chi connectivity index (χ2n) is 4.82. The van der Waals surface area contributed by atoms with Gasteiger partial charge in [0.1, 0.15) is 11.5 Å². The summed E-state index contributed by atoms with van der Waals surface area (Å²) in [5, 5.41) is 13.7. The Bertz CT molecular complexity index is 761. The van der Waals surface area contributed by atoms with Crippen LogP contribution in [0.3, 0.4) is 0 Å². The molecule has 0 saturated carbocycles. The lowest BCUT2D eigenvalue weighted by Crippen LogP contribution is -2.23. The monoisotopic (exact) mass is 330 g/mol. The smallest absolute Gasteiger partial charge is 0.269 e. The summed E-state index contributed by atoms with van der Waals surface area (Å²) < 4.78 is 10.4. The van der Waals surface area contributed by atoms with Crippen LogP contribution in [0.15, 0.2) is 47.5 Å². The third-order valence-corrected chi connectivity index (χ3v) is 3.22. The highest BCUT2D eigenvalue weighted by molar-refractivity contribution is 5.94. The lowest BCUT2D eigenvalue weighted by atomic mass is 10.2. The minimum atomic E-state index is -0.448. The van der Waals surface area contributed by atoms with Crippen molar-refractivity contribution in [3.8, 4) is 11.5 Å². The molecular formula is C16H18N4O4. The van der Waals surface area contributed by atoms with E-state index in [9.17, 15) is 10.1 Å². The summed E-state index contributed by atoms with van der Waals surface area (Å²) in [5.74, 6) is 1.39. The molecule has 8 heteroatoms. The molecule has 8 nitrogen and oxygen atoms in total. The average molecular weight is 330 g/mol. The zero-order valence-electron chi connectivity index (χ0n) is 13.4. The Morgan fingerprint density at radius 1 is 1.25 bits per heavy atom. The quantitative estimate of drug-likeness (QED) is 0.364. The number of nitro benzene ring substituents is 1. The van der Waals surface area contributed by atoms with E-state index >= 15 is 0 Å². The molecule has 0 fully saturated rings. The molecule has 0 saturated heterocycles. The summed E-state index contributed by atoms with van der Waals surface area (Å²) in [7, 11) is 3.11. The van der Waals surface area contributed by atoms with Gasteiger partial charge in [0.25, 0.3) is 5.69 Å². The topological polar surface area (TPSA) is 112 Å². The molecule has 0 aliphatic rings. The van der Waals surface area contributed by atoms with Crippen molar-refractivity contribution < 1.29 is 14.4 Å². The lowest BCUT2D eigenvalue weighted by Gasteiger charge is -2.12. The fourth-order valence-corrected chi connectivity index (χ4v) is 2.03. The number of nitrogens with one attached hydrogen (secondary N) is 1. The number of nitro groups is 1. The van der Waals surface area contributed by atoms with E-state index in [-0.39, 0.29) is 18.2 Å². The van der Waals surface area contributed by atoms with E-state index in [2.05, 4.69) is 10.3 Å². The molecule has 0 radical (unpaired) electrons. The molecule has 0 atom stereocenters. The predicted molar refractivity (Wildman–Crippen MR) is 91.6 cm³/mol. The van der Waals surface area contributed by atoms with E-state index < -0.39 is 4.92 Å². The number of nitrogens with two attached hydrogens (primary N) is 1. The van der Waals surface area contributed by atoms with Crippen molar-refractivity contribution >= 4 is 17.3 Å². The Labute approximate surface area is 139 Å². The summed E-state index contributed by atoms with van der Waals surface area (Å²) >= 11 is 0. The number of hydrogen-bond acceptors (Lipinski definition) is 5. The van der Waals surface area contributed by atoms with Gasteiger partial charge in [0.2, 0.25) is 0 Å².